The van der Waals surface area contributed by atoms with E-state index in [1.807, 2.05) is 34.1 Å². The van der Waals surface area contributed by atoms with Crippen LogP contribution in [0.5, 0.6) is 0 Å². The summed E-state index contributed by atoms with van der Waals surface area (Å²) in [4.78, 5) is 63.7. The van der Waals surface area contributed by atoms with Crippen LogP contribution >= 0.6 is 23.2 Å². The van der Waals surface area contributed by atoms with Crippen molar-refractivity contribution >= 4 is 53.1 Å². The van der Waals surface area contributed by atoms with Crippen molar-refractivity contribution in [2.75, 3.05) is 51.1 Å². The monoisotopic (exact) mass is 771 g/mol. The minimum atomic E-state index is -1.03. The second-order valence-corrected chi connectivity index (χ2v) is 16.4. The van der Waals surface area contributed by atoms with E-state index in [1.165, 1.54) is 0 Å². The lowest BCUT2D eigenvalue weighted by atomic mass is 9.79. The number of halogens is 2. The van der Waals surface area contributed by atoms with Gasteiger partial charge in [-0.15, -0.1) is 5.06 Å². The van der Waals surface area contributed by atoms with Gasteiger partial charge in [0.25, 0.3) is 5.91 Å². The average Bonchev–Trinajstić information content (AvgIpc) is 3.30. The molecule has 0 aromatic heterocycles. The summed E-state index contributed by atoms with van der Waals surface area (Å²) in [6, 6.07) is 12.9. The molecule has 3 fully saturated rings. The van der Waals surface area contributed by atoms with Crippen molar-refractivity contribution in [2.24, 2.45) is 11.8 Å². The molecule has 288 valence electrons. The SMILES string of the molecule is CC(C)(C)OC(=O)ON1CCC(C2CCN(C(=O)[C@@H](Cc3ccc(Cl)c(Cl)c3)OC(=O)N3CCC(N4CCc5ccccc5NC4=O)CC3)CC2)CC1. The van der Waals surface area contributed by atoms with Crippen LogP contribution in [0.1, 0.15) is 70.4 Å². The lowest BCUT2D eigenvalue weighted by Gasteiger charge is -2.40. The molecule has 1 atom stereocenters. The van der Waals surface area contributed by atoms with Crippen LogP contribution in [-0.2, 0) is 31.9 Å². The van der Waals surface area contributed by atoms with Gasteiger partial charge in [-0.2, -0.15) is 0 Å². The van der Waals surface area contributed by atoms with Crippen LogP contribution in [0.3, 0.4) is 0 Å². The number of nitrogens with zero attached hydrogens (tertiary/aromatic N) is 4. The molecule has 0 spiro atoms. The molecule has 0 aliphatic carbocycles. The zero-order valence-electron chi connectivity index (χ0n) is 30.9. The summed E-state index contributed by atoms with van der Waals surface area (Å²) < 4.78 is 11.3. The Hall–Kier alpha value is -3.74. The summed E-state index contributed by atoms with van der Waals surface area (Å²) in [6.45, 7) is 9.28. The van der Waals surface area contributed by atoms with E-state index in [9.17, 15) is 19.2 Å². The van der Waals surface area contributed by atoms with Crippen LogP contribution in [0.2, 0.25) is 10.0 Å². The number of benzene rings is 2. The van der Waals surface area contributed by atoms with E-state index in [1.54, 1.807) is 48.9 Å². The number of carbonyl (C=O) groups excluding carboxylic acids is 4. The van der Waals surface area contributed by atoms with Gasteiger partial charge in [-0.1, -0.05) is 47.5 Å². The molecule has 0 unspecified atom stereocenters. The van der Waals surface area contributed by atoms with Crippen molar-refractivity contribution in [1.82, 2.24) is 19.8 Å². The van der Waals surface area contributed by atoms with E-state index in [2.05, 4.69) is 5.32 Å². The van der Waals surface area contributed by atoms with Crippen LogP contribution in [0, 0.1) is 11.8 Å². The first-order valence-electron chi connectivity index (χ1n) is 18.8. The normalized spacial score (nSPS) is 20.2. The number of rotatable bonds is 7. The predicted molar refractivity (Wildman–Crippen MR) is 202 cm³/mol. The van der Waals surface area contributed by atoms with Crippen molar-refractivity contribution in [1.29, 1.82) is 0 Å². The number of urea groups is 1. The minimum absolute atomic E-state index is 0.00645. The molecular formula is C39H51Cl2N5O7. The number of hydrogen-bond donors (Lipinski definition) is 1. The second kappa shape index (κ2) is 17.2. The summed E-state index contributed by atoms with van der Waals surface area (Å²) in [5.41, 5.74) is 2.08. The first kappa shape index (κ1) is 39.0. The van der Waals surface area contributed by atoms with E-state index in [0.29, 0.717) is 80.5 Å². The molecule has 3 saturated heterocycles. The Balaban J connectivity index is 1.02. The number of ether oxygens (including phenoxy) is 2. The highest BCUT2D eigenvalue weighted by atomic mass is 35.5. The summed E-state index contributed by atoms with van der Waals surface area (Å²) in [7, 11) is 0. The van der Waals surface area contributed by atoms with Gasteiger partial charge in [0.2, 0.25) is 0 Å². The fraction of sp³-hybridized carbons (Fsp3) is 0.590. The standard InChI is InChI=1S/C39H51Cl2N5O7/c1-39(2,3)52-38(50)53-45-21-12-28(13-22-45)27-10-17-43(18-11-27)35(47)34(25-26-8-9-31(40)32(41)24-26)51-37(49)44-19-15-30(16-20-44)46-23-14-29-6-4-5-7-33(29)42-36(46)48/h4-9,24,27-28,30,34H,10-23,25H2,1-3H3,(H,42,48)/t34-/m1/s1. The Morgan fingerprint density at radius 1 is 0.830 bits per heavy atom. The van der Waals surface area contributed by atoms with Gasteiger partial charge in [0.05, 0.1) is 10.0 Å². The third kappa shape index (κ3) is 10.3. The van der Waals surface area contributed by atoms with Crippen molar-refractivity contribution < 1.29 is 33.5 Å². The average molecular weight is 773 g/mol. The van der Waals surface area contributed by atoms with Crippen LogP contribution in [0.4, 0.5) is 20.1 Å². The topological polar surface area (TPSA) is 121 Å². The molecule has 53 heavy (non-hydrogen) atoms. The highest BCUT2D eigenvalue weighted by molar-refractivity contribution is 6.42. The van der Waals surface area contributed by atoms with Gasteiger partial charge in [-0.25, -0.2) is 14.4 Å². The minimum Gasteiger partial charge on any atom is -0.436 e. The maximum atomic E-state index is 14.1. The first-order valence-corrected chi connectivity index (χ1v) is 19.6. The quantitative estimate of drug-likeness (QED) is 0.289. The molecule has 4 aliphatic heterocycles. The number of hydroxylamine groups is 2. The van der Waals surface area contributed by atoms with E-state index in [4.69, 9.17) is 37.5 Å². The largest absolute Gasteiger partial charge is 0.528 e. The smallest absolute Gasteiger partial charge is 0.436 e. The number of para-hydroxylation sites is 1. The third-order valence-electron chi connectivity index (χ3n) is 10.8. The Morgan fingerprint density at radius 2 is 1.47 bits per heavy atom. The molecule has 14 heteroatoms. The van der Waals surface area contributed by atoms with Gasteiger partial charge in [0, 0.05) is 64.0 Å². The lowest BCUT2D eigenvalue weighted by Crippen LogP contribution is -2.52. The molecule has 4 heterocycles. The highest BCUT2D eigenvalue weighted by Crippen LogP contribution is 2.34. The predicted octanol–water partition coefficient (Wildman–Crippen LogP) is 7.41. The maximum Gasteiger partial charge on any atom is 0.528 e. The van der Waals surface area contributed by atoms with E-state index < -0.39 is 24.0 Å². The van der Waals surface area contributed by atoms with Crippen LogP contribution < -0.4 is 5.32 Å². The van der Waals surface area contributed by atoms with E-state index in [-0.39, 0.29) is 24.4 Å². The van der Waals surface area contributed by atoms with Crippen molar-refractivity contribution in [3.63, 3.8) is 0 Å². The Bertz CT molecular complexity index is 1630. The molecule has 4 amide bonds. The number of fused-ring (bicyclic) bond motifs is 1. The van der Waals surface area contributed by atoms with Gasteiger partial charge in [0.1, 0.15) is 5.60 Å². The van der Waals surface area contributed by atoms with Gasteiger partial charge in [-0.05, 0) is 107 Å². The molecule has 4 aliphatic rings. The number of likely N-dealkylation sites (tertiary alicyclic amines) is 2. The fourth-order valence-corrected chi connectivity index (χ4v) is 8.28. The van der Waals surface area contributed by atoms with E-state index in [0.717, 1.165) is 48.9 Å². The summed E-state index contributed by atoms with van der Waals surface area (Å²) in [5.74, 6) is 0.689. The van der Waals surface area contributed by atoms with Gasteiger partial charge in [0.15, 0.2) is 6.10 Å². The molecule has 2 aromatic carbocycles. The number of amides is 4. The molecule has 6 rings (SSSR count). The molecule has 12 nitrogen and oxygen atoms in total. The molecular weight excluding hydrogens is 721 g/mol. The molecule has 0 saturated carbocycles. The molecule has 0 bridgehead atoms. The summed E-state index contributed by atoms with van der Waals surface area (Å²) in [5, 5.41) is 5.49. The first-order chi connectivity index (χ1) is 25.3. The zero-order valence-corrected chi connectivity index (χ0v) is 32.4. The second-order valence-electron chi connectivity index (χ2n) is 15.6. The van der Waals surface area contributed by atoms with Crippen LogP contribution in [0.15, 0.2) is 42.5 Å². The van der Waals surface area contributed by atoms with Gasteiger partial charge >= 0.3 is 18.3 Å². The number of nitrogens with one attached hydrogen (secondary N) is 1. The maximum absolute atomic E-state index is 14.1. The lowest BCUT2D eigenvalue weighted by molar-refractivity contribution is -0.158. The number of hydrogen-bond acceptors (Lipinski definition) is 8. The number of carbonyl (C=O) groups is 4. The van der Waals surface area contributed by atoms with Gasteiger partial charge < -0.3 is 34.3 Å². The Labute approximate surface area is 321 Å². The zero-order chi connectivity index (χ0) is 37.7. The van der Waals surface area contributed by atoms with Crippen LogP contribution in [0.25, 0.3) is 0 Å². The number of anilines is 1. The number of piperidine rings is 3. The Morgan fingerprint density at radius 3 is 2.13 bits per heavy atom. The van der Waals surface area contributed by atoms with Crippen molar-refractivity contribution in [3.8, 4) is 0 Å². The van der Waals surface area contributed by atoms with Crippen molar-refractivity contribution in [2.45, 2.75) is 89.9 Å². The summed E-state index contributed by atoms with van der Waals surface area (Å²) >= 11 is 12.5. The molecule has 0 radical (unpaired) electrons. The fourth-order valence-electron chi connectivity index (χ4n) is 7.96. The van der Waals surface area contributed by atoms with Gasteiger partial charge in [-0.3, -0.25) is 4.79 Å². The molecule has 1 N–H and O–H groups in total. The van der Waals surface area contributed by atoms with E-state index >= 15 is 0 Å². The summed E-state index contributed by atoms with van der Waals surface area (Å²) in [6.07, 6.45) is 3.39. The molecule has 2 aromatic rings. The van der Waals surface area contributed by atoms with Crippen LogP contribution in [-0.4, -0.2) is 108 Å². The highest BCUT2D eigenvalue weighted by Gasteiger charge is 2.37. The van der Waals surface area contributed by atoms with Crippen molar-refractivity contribution in [3.05, 3.63) is 63.6 Å². The Kier molecular flexibility index (Phi) is 12.6. The third-order valence-corrected chi connectivity index (χ3v) is 11.6.